The summed E-state index contributed by atoms with van der Waals surface area (Å²) in [6.45, 7) is 3.63. The lowest BCUT2D eigenvalue weighted by atomic mass is 10.0. The molecule has 5 heteroatoms. The average Bonchev–Trinajstić information content (AvgIpc) is 2.02. The van der Waals surface area contributed by atoms with Crippen LogP contribution in [0.15, 0.2) is 0 Å². The third-order valence-electron chi connectivity index (χ3n) is 1.36. The van der Waals surface area contributed by atoms with Crippen molar-refractivity contribution < 1.29 is 9.59 Å². The second kappa shape index (κ2) is 4.80. The fourth-order valence-corrected chi connectivity index (χ4v) is 0.765. The molecule has 0 N–H and O–H groups in total. The standard InChI is InChI=1S/C7H14BN2O2/c1-6(2)7(12)10(4)8-9(3)5-11/h5-6H,1-4H3. The molecule has 0 aliphatic heterocycles. The number of carbonyl (C=O) groups is 2. The molecule has 0 aliphatic rings. The van der Waals surface area contributed by atoms with Crippen LogP contribution in [0.4, 0.5) is 0 Å². The van der Waals surface area contributed by atoms with E-state index in [2.05, 4.69) is 0 Å². The molecule has 2 amide bonds. The van der Waals surface area contributed by atoms with Crippen LogP contribution in [0.3, 0.4) is 0 Å². The van der Waals surface area contributed by atoms with Crippen molar-refractivity contribution >= 4 is 19.9 Å². The van der Waals surface area contributed by atoms with E-state index in [-0.39, 0.29) is 11.8 Å². The van der Waals surface area contributed by atoms with E-state index >= 15 is 0 Å². The lowest BCUT2D eigenvalue weighted by molar-refractivity contribution is -0.129. The minimum absolute atomic E-state index is 0.0105. The Morgan fingerprint density at radius 3 is 2.25 bits per heavy atom. The number of amides is 2. The maximum Gasteiger partial charge on any atom is 0.395 e. The van der Waals surface area contributed by atoms with Crippen LogP contribution in [0.1, 0.15) is 13.8 Å². The molecule has 0 aromatic heterocycles. The van der Waals surface area contributed by atoms with Gasteiger partial charge in [0, 0.05) is 5.92 Å². The summed E-state index contributed by atoms with van der Waals surface area (Å²) in [5.74, 6) is -0.0602. The van der Waals surface area contributed by atoms with Gasteiger partial charge >= 0.3 is 7.55 Å². The normalized spacial score (nSPS) is 9.42. The molecule has 0 spiro atoms. The molecule has 0 aliphatic carbocycles. The predicted molar refractivity (Wildman–Crippen MR) is 47.2 cm³/mol. The molecule has 67 valence electrons. The zero-order valence-corrected chi connectivity index (χ0v) is 7.94. The predicted octanol–water partition coefficient (Wildman–Crippen LogP) is -0.277. The fourth-order valence-electron chi connectivity index (χ4n) is 0.765. The van der Waals surface area contributed by atoms with Crippen LogP contribution in [0, 0.1) is 5.92 Å². The number of rotatable bonds is 4. The van der Waals surface area contributed by atoms with Crippen molar-refractivity contribution in [3.05, 3.63) is 0 Å². The molecule has 0 heterocycles. The van der Waals surface area contributed by atoms with Crippen molar-refractivity contribution in [2.24, 2.45) is 5.92 Å². The van der Waals surface area contributed by atoms with E-state index in [0.29, 0.717) is 6.41 Å². The molecule has 0 saturated carbocycles. The average molecular weight is 169 g/mol. The minimum Gasteiger partial charge on any atom is -0.375 e. The molecule has 1 radical (unpaired) electrons. The molecule has 4 nitrogen and oxygen atoms in total. The van der Waals surface area contributed by atoms with Crippen molar-refractivity contribution in [2.75, 3.05) is 14.1 Å². The van der Waals surface area contributed by atoms with Gasteiger partial charge in [0.1, 0.15) is 0 Å². The molecule has 0 bridgehead atoms. The number of nitrogens with zero attached hydrogens (tertiary/aromatic N) is 2. The monoisotopic (exact) mass is 169 g/mol. The van der Waals surface area contributed by atoms with Crippen LogP contribution in [-0.4, -0.2) is 43.6 Å². The molecule has 0 aromatic carbocycles. The summed E-state index contributed by atoms with van der Waals surface area (Å²) in [5, 5.41) is 0. The lowest BCUT2D eigenvalue weighted by Gasteiger charge is -2.21. The Morgan fingerprint density at radius 2 is 1.92 bits per heavy atom. The zero-order chi connectivity index (χ0) is 9.72. The summed E-state index contributed by atoms with van der Waals surface area (Å²) < 4.78 is 0. The Bertz CT molecular complexity index is 173. The fraction of sp³-hybridized carbons (Fsp3) is 0.714. The van der Waals surface area contributed by atoms with E-state index in [1.165, 1.54) is 17.2 Å². The Balaban J connectivity index is 3.94. The van der Waals surface area contributed by atoms with E-state index in [9.17, 15) is 9.59 Å². The van der Waals surface area contributed by atoms with E-state index in [0.717, 1.165) is 0 Å². The van der Waals surface area contributed by atoms with E-state index in [1.807, 2.05) is 13.8 Å². The Hall–Kier alpha value is -0.995. The van der Waals surface area contributed by atoms with Gasteiger partial charge in [-0.15, -0.1) is 0 Å². The second-order valence-electron chi connectivity index (χ2n) is 2.99. The largest absolute Gasteiger partial charge is 0.395 e. The van der Waals surface area contributed by atoms with Gasteiger partial charge in [0.15, 0.2) is 6.41 Å². The maximum atomic E-state index is 11.2. The van der Waals surface area contributed by atoms with Crippen LogP contribution in [0.5, 0.6) is 0 Å². The first-order valence-electron chi connectivity index (χ1n) is 3.78. The smallest absolute Gasteiger partial charge is 0.375 e. The molecular weight excluding hydrogens is 155 g/mol. The molecular formula is C7H14BN2O2. The van der Waals surface area contributed by atoms with Crippen molar-refractivity contribution in [3.8, 4) is 0 Å². The summed E-state index contributed by atoms with van der Waals surface area (Å²) in [6.07, 6.45) is 0.643. The summed E-state index contributed by atoms with van der Waals surface area (Å²) in [6, 6.07) is 0. The summed E-state index contributed by atoms with van der Waals surface area (Å²) in [4.78, 5) is 24.1. The number of hydrogen-bond acceptors (Lipinski definition) is 2. The summed E-state index contributed by atoms with van der Waals surface area (Å²) in [5.41, 5.74) is 0. The van der Waals surface area contributed by atoms with Crippen LogP contribution in [0.25, 0.3) is 0 Å². The van der Waals surface area contributed by atoms with Crippen molar-refractivity contribution in [3.63, 3.8) is 0 Å². The highest BCUT2D eigenvalue weighted by Crippen LogP contribution is 1.97. The first-order chi connectivity index (χ1) is 5.49. The second-order valence-corrected chi connectivity index (χ2v) is 2.99. The highest BCUT2D eigenvalue weighted by Gasteiger charge is 2.15. The van der Waals surface area contributed by atoms with Gasteiger partial charge in [-0.05, 0) is 14.1 Å². The maximum absolute atomic E-state index is 11.2. The molecule has 0 saturated heterocycles. The topological polar surface area (TPSA) is 40.6 Å². The van der Waals surface area contributed by atoms with Gasteiger partial charge in [0.05, 0.1) is 0 Å². The van der Waals surface area contributed by atoms with Crippen molar-refractivity contribution in [1.82, 2.24) is 9.62 Å². The van der Waals surface area contributed by atoms with Crippen LogP contribution < -0.4 is 0 Å². The number of hydrogen-bond donors (Lipinski definition) is 0. The van der Waals surface area contributed by atoms with E-state index < -0.39 is 0 Å². The van der Waals surface area contributed by atoms with Crippen molar-refractivity contribution in [2.45, 2.75) is 13.8 Å². The Kier molecular flexibility index (Phi) is 4.40. The van der Waals surface area contributed by atoms with Crippen LogP contribution >= 0.6 is 0 Å². The molecule has 0 rings (SSSR count). The summed E-state index contributed by atoms with van der Waals surface area (Å²) >= 11 is 0. The number of carbonyl (C=O) groups excluding carboxylic acids is 2. The molecule has 12 heavy (non-hydrogen) atoms. The highest BCUT2D eigenvalue weighted by atomic mass is 16.2. The first-order valence-corrected chi connectivity index (χ1v) is 3.78. The van der Waals surface area contributed by atoms with Gasteiger partial charge in [0.25, 0.3) is 0 Å². The SMILES string of the molecule is CC(C)C(=O)N(C)[B]N(C)C=O. The highest BCUT2D eigenvalue weighted by molar-refractivity contribution is 6.36. The zero-order valence-electron chi connectivity index (χ0n) is 7.94. The Labute approximate surface area is 73.8 Å². The summed E-state index contributed by atoms with van der Waals surface area (Å²) in [7, 11) is 4.66. The minimum atomic E-state index is -0.0497. The molecule has 0 unspecified atom stereocenters. The van der Waals surface area contributed by atoms with Gasteiger partial charge in [-0.3, -0.25) is 9.59 Å². The third kappa shape index (κ3) is 3.41. The van der Waals surface area contributed by atoms with Gasteiger partial charge < -0.3 is 9.62 Å². The van der Waals surface area contributed by atoms with Crippen molar-refractivity contribution in [1.29, 1.82) is 0 Å². The van der Waals surface area contributed by atoms with Gasteiger partial charge in [0.2, 0.25) is 5.91 Å². The Morgan fingerprint density at radius 1 is 1.42 bits per heavy atom. The first kappa shape index (κ1) is 11.0. The molecule has 0 aromatic rings. The van der Waals surface area contributed by atoms with Gasteiger partial charge in [-0.2, -0.15) is 0 Å². The van der Waals surface area contributed by atoms with E-state index in [1.54, 1.807) is 14.1 Å². The third-order valence-corrected chi connectivity index (χ3v) is 1.36. The lowest BCUT2D eigenvalue weighted by Crippen LogP contribution is -2.41. The van der Waals surface area contributed by atoms with Crippen LogP contribution in [0.2, 0.25) is 0 Å². The van der Waals surface area contributed by atoms with E-state index in [4.69, 9.17) is 0 Å². The van der Waals surface area contributed by atoms with Gasteiger partial charge in [-0.25, -0.2) is 0 Å². The molecule has 0 fully saturated rings. The quantitative estimate of drug-likeness (QED) is 0.429. The van der Waals surface area contributed by atoms with Crippen LogP contribution in [-0.2, 0) is 9.59 Å². The van der Waals surface area contributed by atoms with Gasteiger partial charge in [-0.1, -0.05) is 13.8 Å². The molecule has 0 atom stereocenters.